The molecule has 0 atom stereocenters. The van der Waals surface area contributed by atoms with Crippen LogP contribution in [-0.2, 0) is 11.3 Å². The number of nitro groups is 1. The molecule has 1 aromatic carbocycles. The van der Waals surface area contributed by atoms with Crippen molar-refractivity contribution in [3.63, 3.8) is 0 Å². The lowest BCUT2D eigenvalue weighted by Crippen LogP contribution is -2.05. The quantitative estimate of drug-likeness (QED) is 0.516. The number of carbonyl (C=O) groups excluding carboxylic acids is 1. The molecule has 114 valence electrons. The maximum atomic E-state index is 11.5. The second kappa shape index (κ2) is 6.86. The van der Waals surface area contributed by atoms with E-state index in [2.05, 4.69) is 15.0 Å². The minimum atomic E-state index is -0.567. The molecule has 8 heteroatoms. The average Bonchev–Trinajstić information content (AvgIpc) is 2.53. The van der Waals surface area contributed by atoms with Gasteiger partial charge in [0.2, 0.25) is 0 Å². The largest absolute Gasteiger partial charge is 0.465 e. The zero-order valence-electron chi connectivity index (χ0n) is 11.6. The van der Waals surface area contributed by atoms with Crippen LogP contribution in [0.4, 0.5) is 11.5 Å². The second-order valence-electron chi connectivity index (χ2n) is 4.33. The van der Waals surface area contributed by atoms with Crippen molar-refractivity contribution in [2.24, 2.45) is 0 Å². The van der Waals surface area contributed by atoms with Crippen LogP contribution in [0.15, 0.2) is 36.5 Å². The number of carbonyl (C=O) groups is 1. The number of hydrogen-bond acceptors (Lipinski definition) is 6. The first-order valence-electron chi connectivity index (χ1n) is 6.22. The SMILES string of the molecule is COC(=O)c1cccc(CNc2ncc([N+](=O)[O-])cc2Cl)c1. The van der Waals surface area contributed by atoms with E-state index < -0.39 is 10.9 Å². The highest BCUT2D eigenvalue weighted by atomic mass is 35.5. The molecule has 1 N–H and O–H groups in total. The van der Waals surface area contributed by atoms with Gasteiger partial charge in [0.1, 0.15) is 12.0 Å². The monoisotopic (exact) mass is 321 g/mol. The number of nitrogens with one attached hydrogen (secondary N) is 1. The third-order valence-corrected chi connectivity index (χ3v) is 3.13. The molecule has 0 unspecified atom stereocenters. The van der Waals surface area contributed by atoms with Crippen molar-refractivity contribution in [3.05, 3.63) is 62.8 Å². The van der Waals surface area contributed by atoms with Crippen molar-refractivity contribution in [3.8, 4) is 0 Å². The number of anilines is 1. The molecule has 1 heterocycles. The van der Waals surface area contributed by atoms with Gasteiger partial charge in [0, 0.05) is 12.6 Å². The van der Waals surface area contributed by atoms with Gasteiger partial charge in [0.25, 0.3) is 5.69 Å². The zero-order chi connectivity index (χ0) is 16.1. The minimum Gasteiger partial charge on any atom is -0.465 e. The Hall–Kier alpha value is -2.67. The molecule has 0 radical (unpaired) electrons. The lowest BCUT2D eigenvalue weighted by atomic mass is 10.1. The Kier molecular flexibility index (Phi) is 4.90. The maximum absolute atomic E-state index is 11.5. The van der Waals surface area contributed by atoms with E-state index in [0.717, 1.165) is 11.8 Å². The normalized spacial score (nSPS) is 10.1. The second-order valence-corrected chi connectivity index (χ2v) is 4.73. The highest BCUT2D eigenvalue weighted by Gasteiger charge is 2.11. The Morgan fingerprint density at radius 2 is 2.23 bits per heavy atom. The van der Waals surface area contributed by atoms with E-state index in [9.17, 15) is 14.9 Å². The fourth-order valence-electron chi connectivity index (χ4n) is 1.77. The maximum Gasteiger partial charge on any atom is 0.337 e. The third kappa shape index (κ3) is 3.70. The molecule has 0 saturated carbocycles. The Morgan fingerprint density at radius 1 is 1.45 bits per heavy atom. The molecule has 2 aromatic rings. The van der Waals surface area contributed by atoms with Gasteiger partial charge in [-0.1, -0.05) is 23.7 Å². The van der Waals surface area contributed by atoms with Gasteiger partial charge in [-0.2, -0.15) is 0 Å². The number of pyridine rings is 1. The van der Waals surface area contributed by atoms with Crippen molar-refractivity contribution < 1.29 is 14.5 Å². The van der Waals surface area contributed by atoms with Gasteiger partial charge in [0.05, 0.1) is 22.6 Å². The number of ether oxygens (including phenoxy) is 1. The topological polar surface area (TPSA) is 94.4 Å². The number of rotatable bonds is 5. The van der Waals surface area contributed by atoms with Crippen molar-refractivity contribution in [1.29, 1.82) is 0 Å². The molecular formula is C14H12ClN3O4. The van der Waals surface area contributed by atoms with Gasteiger partial charge in [-0.3, -0.25) is 10.1 Å². The fraction of sp³-hybridized carbons (Fsp3) is 0.143. The fourth-order valence-corrected chi connectivity index (χ4v) is 2.00. The predicted molar refractivity (Wildman–Crippen MR) is 81.0 cm³/mol. The lowest BCUT2D eigenvalue weighted by molar-refractivity contribution is -0.385. The summed E-state index contributed by atoms with van der Waals surface area (Å²) < 4.78 is 4.65. The molecule has 0 saturated heterocycles. The summed E-state index contributed by atoms with van der Waals surface area (Å²) in [6, 6.07) is 8.10. The third-order valence-electron chi connectivity index (χ3n) is 2.85. The number of hydrogen-bond donors (Lipinski definition) is 1. The molecule has 0 bridgehead atoms. The number of halogens is 1. The summed E-state index contributed by atoms with van der Waals surface area (Å²) >= 11 is 5.94. The van der Waals surface area contributed by atoms with Gasteiger partial charge >= 0.3 is 5.97 Å². The first-order valence-corrected chi connectivity index (χ1v) is 6.60. The number of benzene rings is 1. The molecule has 0 spiro atoms. The Bertz CT molecular complexity index is 721. The van der Waals surface area contributed by atoms with Crippen LogP contribution in [0.5, 0.6) is 0 Å². The summed E-state index contributed by atoms with van der Waals surface area (Å²) in [4.78, 5) is 25.4. The molecule has 7 nitrogen and oxygen atoms in total. The molecule has 0 aliphatic carbocycles. The first kappa shape index (κ1) is 15.7. The van der Waals surface area contributed by atoms with Crippen LogP contribution >= 0.6 is 11.6 Å². The summed E-state index contributed by atoms with van der Waals surface area (Å²) in [6.07, 6.45) is 1.12. The van der Waals surface area contributed by atoms with Gasteiger partial charge in [-0.25, -0.2) is 9.78 Å². The number of methoxy groups -OCH3 is 1. The Labute approximate surface area is 131 Å². The average molecular weight is 322 g/mol. The molecule has 2 rings (SSSR count). The zero-order valence-corrected chi connectivity index (χ0v) is 12.3. The van der Waals surface area contributed by atoms with Crippen molar-refractivity contribution in [2.75, 3.05) is 12.4 Å². The lowest BCUT2D eigenvalue weighted by Gasteiger charge is -2.08. The first-order chi connectivity index (χ1) is 10.5. The summed E-state index contributed by atoms with van der Waals surface area (Å²) in [5.41, 5.74) is 1.08. The summed E-state index contributed by atoms with van der Waals surface area (Å²) in [6.45, 7) is 0.357. The summed E-state index contributed by atoms with van der Waals surface area (Å²) in [7, 11) is 1.31. The summed E-state index contributed by atoms with van der Waals surface area (Å²) in [5, 5.41) is 13.7. The van der Waals surface area contributed by atoms with Crippen LogP contribution in [0.1, 0.15) is 15.9 Å². The number of aromatic nitrogens is 1. The van der Waals surface area contributed by atoms with Gasteiger partial charge in [-0.05, 0) is 17.7 Å². The van der Waals surface area contributed by atoms with E-state index in [4.69, 9.17) is 11.6 Å². The van der Waals surface area contributed by atoms with Crippen LogP contribution in [-0.4, -0.2) is 23.0 Å². The van der Waals surface area contributed by atoms with E-state index in [1.54, 1.807) is 18.2 Å². The Balaban J connectivity index is 2.10. The molecule has 1 aromatic heterocycles. The molecule has 0 fully saturated rings. The van der Waals surface area contributed by atoms with Gasteiger partial charge in [0.15, 0.2) is 0 Å². The smallest absolute Gasteiger partial charge is 0.337 e. The number of nitrogens with zero attached hydrogens (tertiary/aromatic N) is 2. The van der Waals surface area contributed by atoms with E-state index in [1.165, 1.54) is 13.2 Å². The van der Waals surface area contributed by atoms with Gasteiger partial charge in [-0.15, -0.1) is 0 Å². The van der Waals surface area contributed by atoms with Crippen molar-refractivity contribution in [2.45, 2.75) is 6.54 Å². The molecule has 0 aliphatic rings. The highest BCUT2D eigenvalue weighted by Crippen LogP contribution is 2.24. The summed E-state index contributed by atoms with van der Waals surface area (Å²) in [5.74, 6) is -0.0934. The van der Waals surface area contributed by atoms with E-state index >= 15 is 0 Å². The van der Waals surface area contributed by atoms with Crippen LogP contribution < -0.4 is 5.32 Å². The highest BCUT2D eigenvalue weighted by molar-refractivity contribution is 6.33. The van der Waals surface area contributed by atoms with Crippen LogP contribution in [0.2, 0.25) is 5.02 Å². The number of esters is 1. The van der Waals surface area contributed by atoms with Crippen molar-refractivity contribution in [1.82, 2.24) is 4.98 Å². The van der Waals surface area contributed by atoms with Crippen LogP contribution in [0, 0.1) is 10.1 Å². The van der Waals surface area contributed by atoms with E-state index in [-0.39, 0.29) is 10.7 Å². The van der Waals surface area contributed by atoms with Crippen LogP contribution in [0.3, 0.4) is 0 Å². The minimum absolute atomic E-state index is 0.151. The van der Waals surface area contributed by atoms with E-state index in [1.807, 2.05) is 6.07 Å². The standard InChI is InChI=1S/C14H12ClN3O4/c1-22-14(19)10-4-2-3-9(5-10)7-16-13-12(15)6-11(8-17-13)18(20)21/h2-6,8H,7H2,1H3,(H,16,17). The Morgan fingerprint density at radius 3 is 2.86 bits per heavy atom. The molecule has 0 aliphatic heterocycles. The molecule has 0 amide bonds. The molecular weight excluding hydrogens is 310 g/mol. The van der Waals surface area contributed by atoms with Gasteiger partial charge < -0.3 is 10.1 Å². The van der Waals surface area contributed by atoms with Crippen molar-refractivity contribution >= 4 is 29.1 Å². The molecule has 22 heavy (non-hydrogen) atoms. The van der Waals surface area contributed by atoms with E-state index in [0.29, 0.717) is 17.9 Å². The van der Waals surface area contributed by atoms with Crippen LogP contribution in [0.25, 0.3) is 0 Å². The predicted octanol–water partition coefficient (Wildman–Crippen LogP) is 3.04.